The van der Waals surface area contributed by atoms with E-state index in [-0.39, 0.29) is 17.7 Å². The number of aliphatic hydroxyl groups excluding tert-OH is 1. The predicted molar refractivity (Wildman–Crippen MR) is 110 cm³/mol. The fraction of sp³-hybridized carbons (Fsp3) is 0.737. The Morgan fingerprint density at radius 2 is 2.07 bits per heavy atom. The summed E-state index contributed by atoms with van der Waals surface area (Å²) in [5, 5.41) is 13.2. The number of carbonyl (C=O) groups is 3. The van der Waals surface area contributed by atoms with E-state index in [1.807, 2.05) is 0 Å². The number of nitrogens with zero attached hydrogens (tertiary/aromatic N) is 2. The van der Waals surface area contributed by atoms with Crippen LogP contribution in [0.5, 0.6) is 0 Å². The summed E-state index contributed by atoms with van der Waals surface area (Å²) in [4.78, 5) is 44.8. The van der Waals surface area contributed by atoms with Gasteiger partial charge in [0.1, 0.15) is 17.7 Å². The van der Waals surface area contributed by atoms with Gasteiger partial charge in [-0.25, -0.2) is 0 Å². The Labute approximate surface area is 176 Å². The fourth-order valence-electron chi connectivity index (χ4n) is 3.40. The van der Waals surface area contributed by atoms with E-state index >= 15 is 0 Å². The van der Waals surface area contributed by atoms with Crippen molar-refractivity contribution in [1.82, 2.24) is 19.4 Å². The van der Waals surface area contributed by atoms with Crippen LogP contribution in [-0.2, 0) is 19.2 Å². The SMILES string of the molecule is C=CC1C[C@]1(NC(=O)C1CCCN1C(=O)C(O)C(C)(C)C)C(=O)NSN(C)OC. The van der Waals surface area contributed by atoms with Crippen LogP contribution in [0.2, 0.25) is 0 Å². The molecular weight excluding hydrogens is 396 g/mol. The molecule has 0 bridgehead atoms. The van der Waals surface area contributed by atoms with Gasteiger partial charge < -0.3 is 15.3 Å². The van der Waals surface area contributed by atoms with Gasteiger partial charge in [-0.3, -0.25) is 23.9 Å². The summed E-state index contributed by atoms with van der Waals surface area (Å²) in [5.74, 6) is -1.38. The molecule has 0 aromatic carbocycles. The zero-order valence-electron chi connectivity index (χ0n) is 17.7. The van der Waals surface area contributed by atoms with Crippen molar-refractivity contribution < 1.29 is 24.3 Å². The van der Waals surface area contributed by atoms with Gasteiger partial charge in [0, 0.05) is 19.5 Å². The minimum Gasteiger partial charge on any atom is -0.383 e. The molecule has 9 nitrogen and oxygen atoms in total. The Morgan fingerprint density at radius 1 is 1.41 bits per heavy atom. The largest absolute Gasteiger partial charge is 0.383 e. The van der Waals surface area contributed by atoms with Gasteiger partial charge in [0.05, 0.1) is 19.2 Å². The van der Waals surface area contributed by atoms with E-state index in [1.165, 1.54) is 16.5 Å². The molecule has 1 heterocycles. The topological polar surface area (TPSA) is 111 Å². The first-order valence-corrected chi connectivity index (χ1v) is 10.4. The summed E-state index contributed by atoms with van der Waals surface area (Å²) >= 11 is 0.964. The van der Waals surface area contributed by atoms with Gasteiger partial charge in [0.2, 0.25) is 5.91 Å². The second kappa shape index (κ2) is 9.03. The lowest BCUT2D eigenvalue weighted by Crippen LogP contribution is -2.56. The average Bonchev–Trinajstić information content (AvgIpc) is 3.16. The molecule has 2 aliphatic rings. The Kier molecular flexibility index (Phi) is 7.37. The lowest BCUT2D eigenvalue weighted by atomic mass is 9.88. The van der Waals surface area contributed by atoms with Crippen molar-refractivity contribution in [3.05, 3.63) is 12.7 Å². The highest BCUT2D eigenvalue weighted by Gasteiger charge is 2.60. The van der Waals surface area contributed by atoms with Crippen molar-refractivity contribution in [3.8, 4) is 0 Å². The number of hydroxylamine groups is 1. The third-order valence-electron chi connectivity index (χ3n) is 5.47. The summed E-state index contributed by atoms with van der Waals surface area (Å²) < 4.78 is 4.03. The van der Waals surface area contributed by atoms with Crippen molar-refractivity contribution in [2.75, 3.05) is 20.7 Å². The Bertz CT molecular complexity index is 667. The maximum Gasteiger partial charge on any atom is 0.257 e. The van der Waals surface area contributed by atoms with Gasteiger partial charge in [-0.15, -0.1) is 11.0 Å². The molecule has 3 unspecified atom stereocenters. The lowest BCUT2D eigenvalue weighted by Gasteiger charge is -2.32. The minimum absolute atomic E-state index is 0.189. The molecule has 1 aliphatic heterocycles. The number of carbonyl (C=O) groups excluding carboxylic acids is 3. The summed E-state index contributed by atoms with van der Waals surface area (Å²) in [7, 11) is 3.11. The number of rotatable bonds is 8. The standard InChI is InChI=1S/C19H32N4O5S/c1-7-12-11-19(12,17(27)21-29-22(5)28-6)20-15(25)13-9-8-10-23(13)16(26)14(24)18(2,3)4/h7,12-14,24H,1,8-11H2,2-6H3,(H,20,25)(H,21,27)/t12?,13?,14?,19-/m1/s1. The third-order valence-corrected chi connectivity index (χ3v) is 6.15. The molecule has 2 fully saturated rings. The molecule has 4 atom stereocenters. The molecule has 1 saturated heterocycles. The van der Waals surface area contributed by atoms with Gasteiger partial charge in [0.25, 0.3) is 11.8 Å². The fourth-order valence-corrected chi connectivity index (χ4v) is 3.87. The van der Waals surface area contributed by atoms with Gasteiger partial charge in [-0.2, -0.15) is 0 Å². The second-order valence-corrected chi connectivity index (χ2v) is 9.51. The molecule has 29 heavy (non-hydrogen) atoms. The number of aliphatic hydroxyl groups is 1. The van der Waals surface area contributed by atoms with E-state index in [9.17, 15) is 19.5 Å². The average molecular weight is 429 g/mol. The Hall–Kier alpha value is -1.62. The quantitative estimate of drug-likeness (QED) is 0.295. The number of likely N-dealkylation sites (tertiary alicyclic amines) is 1. The summed E-state index contributed by atoms with van der Waals surface area (Å²) in [6.07, 6.45) is 2.05. The maximum atomic E-state index is 13.0. The van der Waals surface area contributed by atoms with Gasteiger partial charge in [0.15, 0.2) is 0 Å². The van der Waals surface area contributed by atoms with Crippen LogP contribution in [0.1, 0.15) is 40.0 Å². The van der Waals surface area contributed by atoms with Crippen molar-refractivity contribution in [1.29, 1.82) is 0 Å². The van der Waals surface area contributed by atoms with Crippen LogP contribution in [0.4, 0.5) is 0 Å². The van der Waals surface area contributed by atoms with Crippen molar-refractivity contribution in [3.63, 3.8) is 0 Å². The molecule has 1 saturated carbocycles. The molecule has 10 heteroatoms. The lowest BCUT2D eigenvalue weighted by molar-refractivity contribution is -0.150. The van der Waals surface area contributed by atoms with Crippen LogP contribution < -0.4 is 10.0 Å². The van der Waals surface area contributed by atoms with E-state index in [0.29, 0.717) is 25.8 Å². The molecule has 0 spiro atoms. The summed E-state index contributed by atoms with van der Waals surface area (Å²) in [5.41, 5.74) is -1.71. The molecule has 2 rings (SSSR count). The molecule has 164 valence electrons. The number of nitrogens with one attached hydrogen (secondary N) is 2. The van der Waals surface area contributed by atoms with Crippen LogP contribution >= 0.6 is 12.1 Å². The number of hydrogen-bond donors (Lipinski definition) is 3. The van der Waals surface area contributed by atoms with Crippen LogP contribution in [0, 0.1) is 11.3 Å². The smallest absolute Gasteiger partial charge is 0.257 e. The predicted octanol–water partition coefficient (Wildman–Crippen LogP) is 0.618. The molecule has 3 amide bonds. The minimum atomic E-state index is -1.20. The van der Waals surface area contributed by atoms with E-state index in [4.69, 9.17) is 4.84 Å². The zero-order valence-corrected chi connectivity index (χ0v) is 18.5. The van der Waals surface area contributed by atoms with Crippen molar-refractivity contribution in [2.45, 2.75) is 57.7 Å². The van der Waals surface area contributed by atoms with Crippen molar-refractivity contribution in [2.24, 2.45) is 11.3 Å². The molecule has 0 radical (unpaired) electrons. The normalized spacial score (nSPS) is 27.5. The first-order valence-electron chi connectivity index (χ1n) is 9.66. The summed E-state index contributed by atoms with van der Waals surface area (Å²) in [6, 6.07) is -0.704. The summed E-state index contributed by atoms with van der Waals surface area (Å²) in [6.45, 7) is 9.46. The highest BCUT2D eigenvalue weighted by Crippen LogP contribution is 2.45. The van der Waals surface area contributed by atoms with Crippen LogP contribution in [0.3, 0.4) is 0 Å². The third kappa shape index (κ3) is 5.11. The highest BCUT2D eigenvalue weighted by molar-refractivity contribution is 7.95. The highest BCUT2D eigenvalue weighted by atomic mass is 32.2. The van der Waals surface area contributed by atoms with E-state index in [1.54, 1.807) is 33.9 Å². The maximum absolute atomic E-state index is 13.0. The van der Waals surface area contributed by atoms with E-state index < -0.39 is 29.0 Å². The van der Waals surface area contributed by atoms with Crippen LogP contribution in [0.25, 0.3) is 0 Å². The molecule has 0 aromatic heterocycles. The van der Waals surface area contributed by atoms with Crippen LogP contribution in [-0.4, -0.2) is 70.6 Å². The van der Waals surface area contributed by atoms with Crippen LogP contribution in [0.15, 0.2) is 12.7 Å². The molecule has 0 aromatic rings. The molecular formula is C19H32N4O5S. The Balaban J connectivity index is 2.08. The van der Waals surface area contributed by atoms with Gasteiger partial charge >= 0.3 is 0 Å². The van der Waals surface area contributed by atoms with Gasteiger partial charge in [-0.1, -0.05) is 26.8 Å². The number of amides is 3. The van der Waals surface area contributed by atoms with E-state index in [2.05, 4.69) is 16.6 Å². The first-order chi connectivity index (χ1) is 13.5. The second-order valence-electron chi connectivity index (χ2n) is 8.61. The first kappa shape index (κ1) is 23.7. The molecule has 1 aliphatic carbocycles. The van der Waals surface area contributed by atoms with Crippen molar-refractivity contribution >= 4 is 29.9 Å². The van der Waals surface area contributed by atoms with E-state index in [0.717, 1.165) is 12.1 Å². The zero-order chi connectivity index (χ0) is 22.0. The molecule has 3 N–H and O–H groups in total. The van der Waals surface area contributed by atoms with Gasteiger partial charge in [-0.05, 0) is 24.7 Å². The monoisotopic (exact) mass is 428 g/mol. The Morgan fingerprint density at radius 3 is 2.59 bits per heavy atom. The number of hydrogen-bond acceptors (Lipinski definition) is 7.